The highest BCUT2D eigenvalue weighted by Crippen LogP contribution is 2.30. The van der Waals surface area contributed by atoms with Crippen LogP contribution in [0.4, 0.5) is 11.5 Å². The Bertz CT molecular complexity index is 1380. The molecular formula is C25H30N8O3. The number of carbonyl (C=O) groups excluding carboxylic acids is 3. The summed E-state index contributed by atoms with van der Waals surface area (Å²) in [6.07, 6.45) is 3.56. The summed E-state index contributed by atoms with van der Waals surface area (Å²) in [6, 6.07) is 3.47. The van der Waals surface area contributed by atoms with Crippen molar-refractivity contribution in [3.8, 4) is 0 Å². The molecule has 188 valence electrons. The van der Waals surface area contributed by atoms with Gasteiger partial charge in [0.25, 0.3) is 5.91 Å². The van der Waals surface area contributed by atoms with Crippen LogP contribution in [0.3, 0.4) is 0 Å². The predicted molar refractivity (Wildman–Crippen MR) is 136 cm³/mol. The fourth-order valence-electron chi connectivity index (χ4n) is 4.39. The third kappa shape index (κ3) is 4.51. The third-order valence-corrected chi connectivity index (χ3v) is 6.72. The molecule has 36 heavy (non-hydrogen) atoms. The van der Waals surface area contributed by atoms with Crippen molar-refractivity contribution in [2.75, 3.05) is 38.2 Å². The lowest BCUT2D eigenvalue weighted by Crippen LogP contribution is -2.27. The van der Waals surface area contributed by atoms with Crippen LogP contribution < -0.4 is 11.1 Å². The number of benzene rings is 1. The number of amides is 3. The number of fused-ring (bicyclic) bond motifs is 1. The SMILES string of the molecule is C=CC(=O)N1CC[C@@H](n2nc(C(=O)Nc3ccc(CC(=O)N(C)C)c(C)c3C)c3c(N)ncnc32)C1. The number of likely N-dealkylation sites (tertiary alicyclic amines) is 1. The summed E-state index contributed by atoms with van der Waals surface area (Å²) in [5, 5.41) is 7.88. The van der Waals surface area contributed by atoms with Crippen LogP contribution in [0.1, 0.15) is 39.6 Å². The van der Waals surface area contributed by atoms with E-state index in [1.54, 1.807) is 34.6 Å². The average molecular weight is 491 g/mol. The topological polar surface area (TPSA) is 139 Å². The first-order chi connectivity index (χ1) is 17.1. The molecule has 1 fully saturated rings. The molecule has 1 aromatic carbocycles. The quantitative estimate of drug-likeness (QED) is 0.503. The van der Waals surface area contributed by atoms with Gasteiger partial charge in [0.15, 0.2) is 11.3 Å². The van der Waals surface area contributed by atoms with Crippen LogP contribution in [-0.4, -0.2) is 74.5 Å². The number of aromatic nitrogens is 4. The highest BCUT2D eigenvalue weighted by atomic mass is 16.2. The van der Waals surface area contributed by atoms with E-state index in [2.05, 4.69) is 27.0 Å². The van der Waals surface area contributed by atoms with Crippen molar-refractivity contribution in [1.29, 1.82) is 0 Å². The van der Waals surface area contributed by atoms with E-state index in [-0.39, 0.29) is 35.8 Å². The van der Waals surface area contributed by atoms with Gasteiger partial charge in [0.2, 0.25) is 11.8 Å². The summed E-state index contributed by atoms with van der Waals surface area (Å²) < 4.78 is 1.66. The van der Waals surface area contributed by atoms with Gasteiger partial charge in [0, 0.05) is 32.9 Å². The molecule has 3 amide bonds. The molecule has 0 aliphatic carbocycles. The first-order valence-electron chi connectivity index (χ1n) is 11.6. The number of nitrogen functional groups attached to an aromatic ring is 1. The molecule has 1 aliphatic heterocycles. The van der Waals surface area contributed by atoms with Gasteiger partial charge in [0.1, 0.15) is 12.1 Å². The molecular weight excluding hydrogens is 460 g/mol. The van der Waals surface area contributed by atoms with Gasteiger partial charge in [-0.05, 0) is 49.1 Å². The molecule has 11 heteroatoms. The minimum absolute atomic E-state index is 0.00189. The molecule has 1 saturated heterocycles. The van der Waals surface area contributed by atoms with Gasteiger partial charge in [-0.1, -0.05) is 12.6 Å². The van der Waals surface area contributed by atoms with Gasteiger partial charge in [-0.15, -0.1) is 0 Å². The van der Waals surface area contributed by atoms with Gasteiger partial charge in [-0.25, -0.2) is 14.6 Å². The number of nitrogens with two attached hydrogens (primary N) is 1. The number of hydrogen-bond acceptors (Lipinski definition) is 7. The lowest BCUT2D eigenvalue weighted by atomic mass is 9.98. The smallest absolute Gasteiger partial charge is 0.277 e. The van der Waals surface area contributed by atoms with Crippen LogP contribution in [-0.2, 0) is 16.0 Å². The van der Waals surface area contributed by atoms with E-state index in [1.807, 2.05) is 19.9 Å². The Morgan fingerprint density at radius 3 is 2.67 bits per heavy atom. The molecule has 1 aliphatic rings. The van der Waals surface area contributed by atoms with Crippen molar-refractivity contribution in [2.45, 2.75) is 32.7 Å². The van der Waals surface area contributed by atoms with Crippen LogP contribution in [0, 0.1) is 13.8 Å². The second kappa shape index (κ2) is 9.76. The van der Waals surface area contributed by atoms with Crippen LogP contribution in [0.15, 0.2) is 31.1 Å². The molecule has 4 rings (SSSR count). The van der Waals surface area contributed by atoms with Crippen LogP contribution in [0.25, 0.3) is 11.0 Å². The highest BCUT2D eigenvalue weighted by Gasteiger charge is 2.31. The normalized spacial score (nSPS) is 15.2. The molecule has 3 heterocycles. The van der Waals surface area contributed by atoms with E-state index in [0.29, 0.717) is 36.2 Å². The maximum absolute atomic E-state index is 13.4. The molecule has 3 aromatic rings. The monoisotopic (exact) mass is 490 g/mol. The molecule has 0 saturated carbocycles. The Balaban J connectivity index is 1.65. The standard InChI is InChI=1S/C25H30N8O3/c1-6-19(34)32-10-9-17(12-32)33-24-21(23(26)27-13-28-24)22(30-33)25(36)29-18-8-7-16(14(2)15(18)3)11-20(35)31(4)5/h6-8,13,17H,1,9-12H2,2-5H3,(H,29,36)(H2,26,27,28)/t17-/m1/s1. The Kier molecular flexibility index (Phi) is 6.73. The maximum Gasteiger partial charge on any atom is 0.277 e. The van der Waals surface area contributed by atoms with Gasteiger partial charge in [0.05, 0.1) is 17.8 Å². The molecule has 2 aromatic heterocycles. The summed E-state index contributed by atoms with van der Waals surface area (Å²) in [5.74, 6) is -0.444. The molecule has 3 N–H and O–H groups in total. The Morgan fingerprint density at radius 2 is 1.97 bits per heavy atom. The second-order valence-electron chi connectivity index (χ2n) is 9.12. The van der Waals surface area contributed by atoms with Gasteiger partial charge >= 0.3 is 0 Å². The molecule has 0 radical (unpaired) electrons. The van der Waals surface area contributed by atoms with Gasteiger partial charge in [-0.2, -0.15) is 5.10 Å². The zero-order valence-electron chi connectivity index (χ0n) is 20.9. The molecule has 11 nitrogen and oxygen atoms in total. The van der Waals surface area contributed by atoms with E-state index in [1.165, 1.54) is 12.4 Å². The number of carbonyl (C=O) groups is 3. The van der Waals surface area contributed by atoms with E-state index in [4.69, 9.17) is 5.73 Å². The zero-order chi connectivity index (χ0) is 26.1. The lowest BCUT2D eigenvalue weighted by molar-refractivity contribution is -0.128. The van der Waals surface area contributed by atoms with Gasteiger partial charge in [-0.3, -0.25) is 14.4 Å². The Labute approximate surface area is 209 Å². The molecule has 0 spiro atoms. The van der Waals surface area contributed by atoms with Crippen molar-refractivity contribution in [3.05, 3.63) is 53.5 Å². The number of hydrogen-bond donors (Lipinski definition) is 2. The number of nitrogens with zero attached hydrogens (tertiary/aromatic N) is 6. The van der Waals surface area contributed by atoms with Crippen LogP contribution in [0.2, 0.25) is 0 Å². The lowest BCUT2D eigenvalue weighted by Gasteiger charge is -2.16. The highest BCUT2D eigenvalue weighted by molar-refractivity contribution is 6.13. The van der Waals surface area contributed by atoms with E-state index < -0.39 is 5.91 Å². The largest absolute Gasteiger partial charge is 0.383 e. The number of likely N-dealkylation sites (N-methyl/N-ethyl adjacent to an activating group) is 1. The summed E-state index contributed by atoms with van der Waals surface area (Å²) in [7, 11) is 3.44. The minimum atomic E-state index is -0.447. The molecule has 0 unspecified atom stereocenters. The molecule has 1 atom stereocenters. The number of anilines is 2. The first kappa shape index (κ1) is 24.8. The summed E-state index contributed by atoms with van der Waals surface area (Å²) in [5.41, 5.74) is 9.99. The van der Waals surface area contributed by atoms with E-state index >= 15 is 0 Å². The van der Waals surface area contributed by atoms with Crippen molar-refractivity contribution in [1.82, 2.24) is 29.5 Å². The average Bonchev–Trinajstić information content (AvgIpc) is 3.49. The van der Waals surface area contributed by atoms with Crippen molar-refractivity contribution in [2.24, 2.45) is 0 Å². The van der Waals surface area contributed by atoms with E-state index in [0.717, 1.165) is 16.7 Å². The summed E-state index contributed by atoms with van der Waals surface area (Å²) in [4.78, 5) is 49.3. The fraction of sp³-hybridized carbons (Fsp3) is 0.360. The van der Waals surface area contributed by atoms with Crippen molar-refractivity contribution in [3.63, 3.8) is 0 Å². The van der Waals surface area contributed by atoms with Crippen molar-refractivity contribution >= 4 is 40.3 Å². The van der Waals surface area contributed by atoms with Crippen molar-refractivity contribution < 1.29 is 14.4 Å². The number of nitrogens with one attached hydrogen (secondary N) is 1. The number of rotatable bonds is 6. The predicted octanol–water partition coefficient (Wildman–Crippen LogP) is 1.87. The minimum Gasteiger partial charge on any atom is -0.383 e. The zero-order valence-corrected chi connectivity index (χ0v) is 20.9. The first-order valence-corrected chi connectivity index (χ1v) is 11.6. The second-order valence-corrected chi connectivity index (χ2v) is 9.12. The third-order valence-electron chi connectivity index (χ3n) is 6.72. The molecule has 0 bridgehead atoms. The summed E-state index contributed by atoms with van der Waals surface area (Å²) in [6.45, 7) is 8.36. The maximum atomic E-state index is 13.4. The van der Waals surface area contributed by atoms with Crippen LogP contribution in [0.5, 0.6) is 0 Å². The van der Waals surface area contributed by atoms with Crippen LogP contribution >= 0.6 is 0 Å². The Morgan fingerprint density at radius 1 is 1.22 bits per heavy atom. The Hall–Kier alpha value is -4.28. The van der Waals surface area contributed by atoms with E-state index in [9.17, 15) is 14.4 Å². The summed E-state index contributed by atoms with van der Waals surface area (Å²) >= 11 is 0. The fourth-order valence-corrected chi connectivity index (χ4v) is 4.39. The van der Waals surface area contributed by atoms with Gasteiger partial charge < -0.3 is 20.9 Å².